The van der Waals surface area contributed by atoms with E-state index in [1.54, 1.807) is 0 Å². The van der Waals surface area contributed by atoms with Crippen molar-refractivity contribution in [3.8, 4) is 0 Å². The predicted octanol–water partition coefficient (Wildman–Crippen LogP) is 24.2. The molecule has 0 aliphatic heterocycles. The molecule has 0 aliphatic rings. The predicted molar refractivity (Wildman–Crippen MR) is 353 cm³/mol. The number of allylic oxidation sites excluding steroid dienone is 14. The number of carbonyl (C=O) groups excluding carboxylic acids is 3. The van der Waals surface area contributed by atoms with E-state index in [9.17, 15) is 14.4 Å². The van der Waals surface area contributed by atoms with Crippen molar-refractivity contribution in [3.05, 3.63) is 85.1 Å². The number of rotatable bonds is 64. The quantitative estimate of drug-likeness (QED) is 0.0261. The molecule has 0 aliphatic carbocycles. The molecule has 6 heteroatoms. The Morgan fingerprint density at radius 3 is 0.802 bits per heavy atom. The molecule has 468 valence electrons. The van der Waals surface area contributed by atoms with E-state index in [4.69, 9.17) is 14.2 Å². The number of unbranched alkanes of at least 4 members (excludes halogenated alkanes) is 39. The second-order valence-corrected chi connectivity index (χ2v) is 23.4. The highest BCUT2D eigenvalue weighted by Crippen LogP contribution is 2.18. The average molecular weight is 1130 g/mol. The molecule has 0 saturated heterocycles. The van der Waals surface area contributed by atoms with Crippen LogP contribution in [0, 0.1) is 0 Å². The first-order valence-corrected chi connectivity index (χ1v) is 35.1. The van der Waals surface area contributed by atoms with Gasteiger partial charge in [-0.3, -0.25) is 14.4 Å². The van der Waals surface area contributed by atoms with Crippen molar-refractivity contribution in [1.29, 1.82) is 0 Å². The van der Waals surface area contributed by atoms with Crippen LogP contribution in [0.3, 0.4) is 0 Å². The largest absolute Gasteiger partial charge is 0.462 e. The Bertz CT molecular complexity index is 1530. The van der Waals surface area contributed by atoms with E-state index in [1.807, 2.05) is 6.08 Å². The molecule has 6 nitrogen and oxygen atoms in total. The monoisotopic (exact) mass is 1130 g/mol. The molecule has 1 unspecified atom stereocenters. The number of ether oxygens (including phenoxy) is 3. The summed E-state index contributed by atoms with van der Waals surface area (Å²) in [5, 5.41) is 0. The minimum atomic E-state index is -0.816. The van der Waals surface area contributed by atoms with Crippen molar-refractivity contribution < 1.29 is 28.6 Å². The molecular formula is C75H132O6. The van der Waals surface area contributed by atoms with Gasteiger partial charge in [0.1, 0.15) is 13.2 Å². The molecule has 0 N–H and O–H groups in total. The lowest BCUT2D eigenvalue weighted by atomic mass is 10.0. The SMILES string of the molecule is CC/C=C\C/C=C\C/C=C\C/C=C\C/C=C\C/C=C\CCC(=O)OC(COC(=O)CCCCCCCCCCCCCCC)COC(=O)CCCCCCCCCCCCCCCCCCCCC/C=C\CCCCCCCCCC. The van der Waals surface area contributed by atoms with E-state index >= 15 is 0 Å². The fourth-order valence-corrected chi connectivity index (χ4v) is 10.2. The zero-order valence-corrected chi connectivity index (χ0v) is 53.8. The molecular weight excluding hydrogens is 997 g/mol. The summed E-state index contributed by atoms with van der Waals surface area (Å²) < 4.78 is 16.9. The summed E-state index contributed by atoms with van der Waals surface area (Å²) in [5.41, 5.74) is 0. The van der Waals surface area contributed by atoms with Gasteiger partial charge in [0, 0.05) is 19.3 Å². The molecule has 81 heavy (non-hydrogen) atoms. The first-order chi connectivity index (χ1) is 40.0. The minimum absolute atomic E-state index is 0.103. The van der Waals surface area contributed by atoms with Crippen LogP contribution in [0.25, 0.3) is 0 Å². The maximum absolute atomic E-state index is 12.9. The molecule has 0 aromatic carbocycles. The molecule has 0 spiro atoms. The van der Waals surface area contributed by atoms with Gasteiger partial charge in [0.15, 0.2) is 6.10 Å². The Kier molecular flexibility index (Phi) is 66.2. The summed E-state index contributed by atoms with van der Waals surface area (Å²) in [7, 11) is 0. The molecule has 0 aromatic heterocycles. The maximum Gasteiger partial charge on any atom is 0.306 e. The lowest BCUT2D eigenvalue weighted by molar-refractivity contribution is -0.166. The Hall–Kier alpha value is -3.41. The molecule has 0 fully saturated rings. The van der Waals surface area contributed by atoms with Crippen molar-refractivity contribution in [3.63, 3.8) is 0 Å². The van der Waals surface area contributed by atoms with Gasteiger partial charge in [-0.2, -0.15) is 0 Å². The first kappa shape index (κ1) is 77.6. The lowest BCUT2D eigenvalue weighted by Gasteiger charge is -2.18. The smallest absolute Gasteiger partial charge is 0.306 e. The van der Waals surface area contributed by atoms with Gasteiger partial charge in [-0.05, 0) is 83.5 Å². The molecule has 0 bridgehead atoms. The van der Waals surface area contributed by atoms with Crippen LogP contribution in [0.1, 0.15) is 355 Å². The molecule has 0 saturated carbocycles. The van der Waals surface area contributed by atoms with Crippen LogP contribution in [0.4, 0.5) is 0 Å². The Balaban J connectivity index is 4.25. The first-order valence-electron chi connectivity index (χ1n) is 35.1. The van der Waals surface area contributed by atoms with Crippen LogP contribution >= 0.6 is 0 Å². The highest BCUT2D eigenvalue weighted by molar-refractivity contribution is 5.71. The molecule has 0 aromatic rings. The third-order valence-electron chi connectivity index (χ3n) is 15.4. The van der Waals surface area contributed by atoms with Gasteiger partial charge in [0.25, 0.3) is 0 Å². The zero-order valence-electron chi connectivity index (χ0n) is 53.8. The standard InChI is InChI=1S/C75H132O6/c1-4-7-10-13-16-19-22-25-27-29-31-32-33-34-35-36-37-38-39-40-41-42-44-45-47-50-53-56-59-62-65-68-74(77)80-71-72(70-79-73(76)67-64-61-58-55-52-49-24-21-18-15-12-9-6-3)81-75(78)69-66-63-60-57-54-51-48-46-43-30-28-26-23-20-17-14-11-8-5-2/h8,11,17,20,26,28-29,31,43,46,51,54,60,63,72H,4-7,9-10,12-16,18-19,21-25,27,30,32-42,44-45,47-50,52-53,55-59,61-62,64-71H2,1-3H3/b11-8-,20-17-,28-26-,31-29-,46-43-,54-51-,63-60-. The number of esters is 3. The third kappa shape index (κ3) is 67.3. The maximum atomic E-state index is 12.9. The van der Waals surface area contributed by atoms with Gasteiger partial charge in [0.05, 0.1) is 0 Å². The number of hydrogen-bond acceptors (Lipinski definition) is 6. The molecule has 0 heterocycles. The highest BCUT2D eigenvalue weighted by atomic mass is 16.6. The molecule has 0 radical (unpaired) electrons. The Labute approximate surface area is 503 Å². The van der Waals surface area contributed by atoms with E-state index in [0.29, 0.717) is 19.3 Å². The molecule has 1 atom stereocenters. The van der Waals surface area contributed by atoms with Crippen LogP contribution in [0.2, 0.25) is 0 Å². The van der Waals surface area contributed by atoms with Gasteiger partial charge < -0.3 is 14.2 Å². The fourth-order valence-electron chi connectivity index (χ4n) is 10.2. The van der Waals surface area contributed by atoms with E-state index in [1.165, 1.54) is 231 Å². The van der Waals surface area contributed by atoms with Gasteiger partial charge >= 0.3 is 17.9 Å². The topological polar surface area (TPSA) is 78.9 Å². The van der Waals surface area contributed by atoms with Crippen molar-refractivity contribution in [2.45, 2.75) is 361 Å². The third-order valence-corrected chi connectivity index (χ3v) is 15.4. The summed E-state index contributed by atoms with van der Waals surface area (Å²) in [5.74, 6) is -0.970. The van der Waals surface area contributed by atoms with E-state index in [0.717, 1.165) is 77.0 Å². The van der Waals surface area contributed by atoms with Gasteiger partial charge in [-0.1, -0.05) is 337 Å². The van der Waals surface area contributed by atoms with E-state index in [2.05, 4.69) is 99.8 Å². The van der Waals surface area contributed by atoms with E-state index < -0.39 is 6.10 Å². The zero-order chi connectivity index (χ0) is 58.5. The summed E-state index contributed by atoms with van der Waals surface area (Å²) in [4.78, 5) is 38.3. The van der Waals surface area contributed by atoms with Gasteiger partial charge in [-0.15, -0.1) is 0 Å². The van der Waals surface area contributed by atoms with Crippen molar-refractivity contribution in [1.82, 2.24) is 0 Å². The summed E-state index contributed by atoms with van der Waals surface area (Å²) in [6, 6.07) is 0. The molecule has 0 rings (SSSR count). The van der Waals surface area contributed by atoms with Crippen molar-refractivity contribution >= 4 is 17.9 Å². The van der Waals surface area contributed by atoms with Crippen LogP contribution in [-0.2, 0) is 28.6 Å². The minimum Gasteiger partial charge on any atom is -0.462 e. The van der Waals surface area contributed by atoms with Crippen LogP contribution in [-0.4, -0.2) is 37.2 Å². The highest BCUT2D eigenvalue weighted by Gasteiger charge is 2.19. The van der Waals surface area contributed by atoms with Gasteiger partial charge in [-0.25, -0.2) is 0 Å². The number of hydrogen-bond donors (Lipinski definition) is 0. The summed E-state index contributed by atoms with van der Waals surface area (Å²) in [6.45, 7) is 6.51. The van der Waals surface area contributed by atoms with Gasteiger partial charge in [0.2, 0.25) is 0 Å². The number of carbonyl (C=O) groups is 3. The second-order valence-electron chi connectivity index (χ2n) is 23.4. The van der Waals surface area contributed by atoms with Crippen LogP contribution in [0.5, 0.6) is 0 Å². The second kappa shape index (κ2) is 69.1. The normalized spacial score (nSPS) is 12.6. The molecule has 0 amide bonds. The summed E-state index contributed by atoms with van der Waals surface area (Å²) >= 11 is 0. The van der Waals surface area contributed by atoms with Crippen molar-refractivity contribution in [2.75, 3.05) is 13.2 Å². The van der Waals surface area contributed by atoms with E-state index in [-0.39, 0.29) is 37.5 Å². The van der Waals surface area contributed by atoms with Crippen LogP contribution in [0.15, 0.2) is 85.1 Å². The lowest BCUT2D eigenvalue weighted by Crippen LogP contribution is -2.30. The fraction of sp³-hybridized carbons (Fsp3) is 0.773. The van der Waals surface area contributed by atoms with Crippen molar-refractivity contribution in [2.24, 2.45) is 0 Å². The Morgan fingerprint density at radius 1 is 0.259 bits per heavy atom. The average Bonchev–Trinajstić information content (AvgIpc) is 3.46. The van der Waals surface area contributed by atoms with Crippen LogP contribution < -0.4 is 0 Å². The Morgan fingerprint density at radius 2 is 0.506 bits per heavy atom. The summed E-state index contributed by atoms with van der Waals surface area (Å²) in [6.07, 6.45) is 92.1.